The highest BCUT2D eigenvalue weighted by Crippen LogP contribution is 2.36. The van der Waals surface area contributed by atoms with E-state index in [-0.39, 0.29) is 11.0 Å². The molecule has 0 atom stereocenters. The Balaban J connectivity index is 2.20. The average molecular weight is 345 g/mol. The number of fused-ring (bicyclic) bond motifs is 1. The molecule has 3 aromatic rings. The summed E-state index contributed by atoms with van der Waals surface area (Å²) in [6.45, 7) is 13.6. The van der Waals surface area contributed by atoms with Gasteiger partial charge in [0.15, 0.2) is 11.7 Å². The molecule has 0 aliphatic rings. The molecular weight excluding hydrogens is 314 g/mol. The molecule has 0 saturated heterocycles. The molecule has 1 nitrogen and oxygen atoms in total. The Hall–Kier alpha value is -2.41. The summed E-state index contributed by atoms with van der Waals surface area (Å²) in [6, 6.07) is 21.8. The van der Waals surface area contributed by atoms with Gasteiger partial charge in [-0.3, -0.25) is 0 Å². The Kier molecular flexibility index (Phi) is 4.75. The van der Waals surface area contributed by atoms with Gasteiger partial charge in [0.25, 0.3) is 0 Å². The zero-order valence-corrected chi connectivity index (χ0v) is 16.9. The smallest absolute Gasteiger partial charge is 0.194 e. The third-order valence-electron chi connectivity index (χ3n) is 4.77. The van der Waals surface area contributed by atoms with E-state index in [2.05, 4.69) is 119 Å². The maximum absolute atomic E-state index is 2.36. The second kappa shape index (κ2) is 6.72. The highest BCUT2D eigenvalue weighted by Gasteiger charge is 2.26. The van der Waals surface area contributed by atoms with Gasteiger partial charge in [0.05, 0.1) is 0 Å². The van der Waals surface area contributed by atoms with Crippen LogP contribution in [0.1, 0.15) is 52.8 Å². The van der Waals surface area contributed by atoms with Crippen molar-refractivity contribution in [1.82, 2.24) is 0 Å². The van der Waals surface area contributed by atoms with Crippen molar-refractivity contribution < 1.29 is 4.57 Å². The summed E-state index contributed by atoms with van der Waals surface area (Å²) in [7, 11) is 0. The number of hydrogen-bond acceptors (Lipinski definition) is 0. The number of rotatable bonds is 2. The van der Waals surface area contributed by atoms with Gasteiger partial charge < -0.3 is 0 Å². The van der Waals surface area contributed by atoms with Gasteiger partial charge in [-0.05, 0) is 39.5 Å². The van der Waals surface area contributed by atoms with Crippen LogP contribution in [0.5, 0.6) is 0 Å². The summed E-state index contributed by atoms with van der Waals surface area (Å²) in [6.07, 6.45) is 4.53. The van der Waals surface area contributed by atoms with Crippen LogP contribution in [-0.2, 0) is 5.54 Å². The first kappa shape index (κ1) is 18.4. The Labute approximate surface area is 158 Å². The van der Waals surface area contributed by atoms with Crippen LogP contribution in [0.3, 0.4) is 0 Å². The normalized spacial score (nSPS) is 13.2. The molecule has 26 heavy (non-hydrogen) atoms. The lowest BCUT2D eigenvalue weighted by molar-refractivity contribution is -0.755. The highest BCUT2D eigenvalue weighted by atomic mass is 15.0. The van der Waals surface area contributed by atoms with E-state index >= 15 is 0 Å². The molecule has 2 aromatic carbocycles. The standard InChI is InChI=1S/C25H30N/c1-24(2,3)23(18-22-13-9-10-16-26(22)25(4,5)6)21-15-14-19-11-7-8-12-20(19)17-21/h7-18H,1-6H3/q+1/b23-18-. The summed E-state index contributed by atoms with van der Waals surface area (Å²) in [5.41, 5.74) is 3.97. The summed E-state index contributed by atoms with van der Waals surface area (Å²) < 4.78 is 2.35. The molecule has 1 heteroatoms. The molecule has 0 spiro atoms. The van der Waals surface area contributed by atoms with E-state index in [9.17, 15) is 0 Å². The maximum atomic E-state index is 2.36. The highest BCUT2D eigenvalue weighted by molar-refractivity contribution is 5.90. The maximum Gasteiger partial charge on any atom is 0.205 e. The third-order valence-corrected chi connectivity index (χ3v) is 4.77. The molecule has 3 rings (SSSR count). The van der Waals surface area contributed by atoms with Crippen LogP contribution in [0.4, 0.5) is 0 Å². The predicted molar refractivity (Wildman–Crippen MR) is 113 cm³/mol. The largest absolute Gasteiger partial charge is 0.205 e. The van der Waals surface area contributed by atoms with Crippen molar-refractivity contribution in [3.05, 3.63) is 78.1 Å². The molecule has 0 saturated carbocycles. The molecule has 0 bridgehead atoms. The van der Waals surface area contributed by atoms with Crippen LogP contribution >= 0.6 is 0 Å². The lowest BCUT2D eigenvalue weighted by Crippen LogP contribution is -2.52. The SMILES string of the molecule is CC(C)(C)/C(=C\c1cccc[n+]1C(C)(C)C)c1ccc2ccccc2c1. The van der Waals surface area contributed by atoms with E-state index in [0.717, 1.165) is 0 Å². The van der Waals surface area contributed by atoms with E-state index in [1.807, 2.05) is 0 Å². The van der Waals surface area contributed by atoms with Crippen LogP contribution in [-0.4, -0.2) is 0 Å². The van der Waals surface area contributed by atoms with Crippen LogP contribution < -0.4 is 4.57 Å². The van der Waals surface area contributed by atoms with E-state index in [0.29, 0.717) is 0 Å². The molecule has 0 radical (unpaired) electrons. The van der Waals surface area contributed by atoms with Crippen LogP contribution in [0.15, 0.2) is 66.9 Å². The van der Waals surface area contributed by atoms with E-state index in [1.54, 1.807) is 0 Å². The molecule has 0 fully saturated rings. The molecule has 1 aromatic heterocycles. The first-order valence-corrected chi connectivity index (χ1v) is 9.39. The van der Waals surface area contributed by atoms with E-state index < -0.39 is 0 Å². The fourth-order valence-electron chi connectivity index (χ4n) is 3.42. The summed E-state index contributed by atoms with van der Waals surface area (Å²) in [4.78, 5) is 0. The van der Waals surface area contributed by atoms with Crippen molar-refractivity contribution in [2.24, 2.45) is 5.41 Å². The minimum absolute atomic E-state index is 0.0411. The molecule has 134 valence electrons. The molecule has 0 amide bonds. The van der Waals surface area contributed by atoms with E-state index in [1.165, 1.54) is 27.6 Å². The third kappa shape index (κ3) is 3.88. The van der Waals surface area contributed by atoms with Gasteiger partial charge in [0.1, 0.15) is 0 Å². The van der Waals surface area contributed by atoms with Gasteiger partial charge in [-0.25, -0.2) is 0 Å². The van der Waals surface area contributed by atoms with Crippen molar-refractivity contribution in [3.63, 3.8) is 0 Å². The lowest BCUT2D eigenvalue weighted by atomic mass is 9.81. The van der Waals surface area contributed by atoms with Crippen LogP contribution in [0.25, 0.3) is 22.4 Å². The topological polar surface area (TPSA) is 3.88 Å². The Morgan fingerprint density at radius 3 is 2.08 bits per heavy atom. The van der Waals surface area contributed by atoms with Gasteiger partial charge in [0.2, 0.25) is 5.69 Å². The number of pyridine rings is 1. The molecule has 0 aliphatic carbocycles. The van der Waals surface area contributed by atoms with Crippen molar-refractivity contribution >= 4 is 22.4 Å². The monoisotopic (exact) mass is 344 g/mol. The summed E-state index contributed by atoms with van der Waals surface area (Å²) in [5.74, 6) is 0. The van der Waals surface area contributed by atoms with Gasteiger partial charge in [-0.1, -0.05) is 57.2 Å². The molecule has 0 N–H and O–H groups in total. The zero-order valence-electron chi connectivity index (χ0n) is 16.9. The van der Waals surface area contributed by atoms with Gasteiger partial charge in [-0.15, -0.1) is 0 Å². The minimum atomic E-state index is 0.0411. The Morgan fingerprint density at radius 2 is 1.42 bits per heavy atom. The van der Waals surface area contributed by atoms with Crippen molar-refractivity contribution in [2.75, 3.05) is 0 Å². The fourth-order valence-corrected chi connectivity index (χ4v) is 3.42. The molecule has 0 aliphatic heterocycles. The van der Waals surface area contributed by atoms with Gasteiger partial charge in [-0.2, -0.15) is 4.57 Å². The Bertz CT molecular complexity index is 950. The minimum Gasteiger partial charge on any atom is -0.194 e. The number of allylic oxidation sites excluding steroid dienone is 1. The number of benzene rings is 2. The fraction of sp³-hybridized carbons (Fsp3) is 0.320. The van der Waals surface area contributed by atoms with Crippen LogP contribution in [0.2, 0.25) is 0 Å². The number of hydrogen-bond donors (Lipinski definition) is 0. The predicted octanol–water partition coefficient (Wildman–Crippen LogP) is 6.47. The van der Waals surface area contributed by atoms with Gasteiger partial charge >= 0.3 is 0 Å². The number of nitrogens with zero attached hydrogens (tertiary/aromatic N) is 1. The quantitative estimate of drug-likeness (QED) is 0.469. The zero-order chi connectivity index (χ0) is 18.9. The first-order valence-electron chi connectivity index (χ1n) is 9.39. The lowest BCUT2D eigenvalue weighted by Gasteiger charge is -2.24. The second-order valence-electron chi connectivity index (χ2n) is 9.04. The molecular formula is C25H30N+. The summed E-state index contributed by atoms with van der Waals surface area (Å²) >= 11 is 0. The summed E-state index contributed by atoms with van der Waals surface area (Å²) in [5, 5.41) is 2.57. The van der Waals surface area contributed by atoms with Crippen molar-refractivity contribution in [2.45, 2.75) is 47.1 Å². The molecule has 1 heterocycles. The number of aromatic nitrogens is 1. The van der Waals surface area contributed by atoms with Gasteiger partial charge in [0, 0.05) is 39.0 Å². The molecule has 0 unspecified atom stereocenters. The van der Waals surface area contributed by atoms with Crippen molar-refractivity contribution in [3.8, 4) is 0 Å². The van der Waals surface area contributed by atoms with Crippen molar-refractivity contribution in [1.29, 1.82) is 0 Å². The van der Waals surface area contributed by atoms with E-state index in [4.69, 9.17) is 0 Å². The average Bonchev–Trinajstić information content (AvgIpc) is 2.58. The van der Waals surface area contributed by atoms with Crippen LogP contribution in [0, 0.1) is 5.41 Å². The first-order chi connectivity index (χ1) is 12.2. The Morgan fingerprint density at radius 1 is 0.769 bits per heavy atom. The second-order valence-corrected chi connectivity index (χ2v) is 9.04.